The average molecular weight is 540 g/mol. The largest absolute Gasteiger partial charge is 0.466 e. The Hall–Kier alpha value is -2.12. The maximum absolute atomic E-state index is 12.6. The molecule has 0 saturated carbocycles. The van der Waals surface area contributed by atoms with Gasteiger partial charge in [-0.15, -0.1) is 0 Å². The zero-order valence-corrected chi connectivity index (χ0v) is 24.3. The number of unbranched alkanes of at least 4 members (excludes halogenated alkanes) is 10. The van der Waals surface area contributed by atoms with Crippen molar-refractivity contribution in [3.63, 3.8) is 0 Å². The van der Waals surface area contributed by atoms with E-state index in [1.165, 1.54) is 38.5 Å². The zero-order valence-electron chi connectivity index (χ0n) is 24.3. The van der Waals surface area contributed by atoms with Gasteiger partial charge < -0.3 is 19.1 Å². The molecule has 1 amide bonds. The minimum Gasteiger partial charge on any atom is -0.466 e. The van der Waals surface area contributed by atoms with E-state index in [1.54, 1.807) is 4.90 Å². The molecule has 38 heavy (non-hydrogen) atoms. The summed E-state index contributed by atoms with van der Waals surface area (Å²) < 4.78 is 16.3. The smallest absolute Gasteiger partial charge is 0.306 e. The fourth-order valence-electron chi connectivity index (χ4n) is 4.82. The first-order valence-corrected chi connectivity index (χ1v) is 15.1. The number of hydrogen-bond donors (Lipinski definition) is 0. The summed E-state index contributed by atoms with van der Waals surface area (Å²) in [5.74, 6) is -1.66. The number of hydrogen-bond acceptors (Lipinski definition) is 7. The van der Waals surface area contributed by atoms with Gasteiger partial charge in [0.05, 0.1) is 32.1 Å². The Bertz CT molecular complexity index is 669. The summed E-state index contributed by atoms with van der Waals surface area (Å²) in [4.78, 5) is 50.3. The first kappa shape index (κ1) is 33.9. The number of carbonyl (C=O) groups excluding carboxylic acids is 4. The number of ether oxygens (including phenoxy) is 3. The third-order valence-corrected chi connectivity index (χ3v) is 7.29. The molecule has 0 spiro atoms. The van der Waals surface area contributed by atoms with Crippen molar-refractivity contribution < 1.29 is 33.4 Å². The van der Waals surface area contributed by atoms with Crippen molar-refractivity contribution in [2.24, 2.45) is 5.92 Å². The molecule has 0 aliphatic carbocycles. The summed E-state index contributed by atoms with van der Waals surface area (Å²) >= 11 is 0. The molecule has 0 N–H and O–H groups in total. The highest BCUT2D eigenvalue weighted by Gasteiger charge is 2.30. The molecule has 1 aliphatic heterocycles. The lowest BCUT2D eigenvalue weighted by molar-refractivity contribution is -0.154. The molecule has 8 nitrogen and oxygen atoms in total. The topological polar surface area (TPSA) is 99.2 Å². The van der Waals surface area contributed by atoms with Crippen LogP contribution in [-0.4, -0.2) is 61.1 Å². The lowest BCUT2D eigenvalue weighted by Crippen LogP contribution is -2.37. The van der Waals surface area contributed by atoms with Crippen LogP contribution in [0.4, 0.5) is 0 Å². The summed E-state index contributed by atoms with van der Waals surface area (Å²) in [6, 6.07) is 0.0127. The van der Waals surface area contributed by atoms with Crippen molar-refractivity contribution in [1.82, 2.24) is 4.90 Å². The van der Waals surface area contributed by atoms with Crippen molar-refractivity contribution in [2.45, 2.75) is 142 Å². The third kappa shape index (κ3) is 16.0. The first-order valence-electron chi connectivity index (χ1n) is 15.1. The van der Waals surface area contributed by atoms with E-state index in [2.05, 4.69) is 13.8 Å². The second-order valence-electron chi connectivity index (χ2n) is 10.8. The van der Waals surface area contributed by atoms with Crippen LogP contribution in [0, 0.1) is 5.92 Å². The second-order valence-corrected chi connectivity index (χ2v) is 10.8. The van der Waals surface area contributed by atoms with Crippen LogP contribution in [0.2, 0.25) is 0 Å². The lowest BCUT2D eigenvalue weighted by Gasteiger charge is -2.24. The highest BCUT2D eigenvalue weighted by molar-refractivity contribution is 5.73. The van der Waals surface area contributed by atoms with E-state index >= 15 is 0 Å². The third-order valence-electron chi connectivity index (χ3n) is 7.29. The Kier molecular flexibility index (Phi) is 19.4. The minimum atomic E-state index is -0.502. The molecule has 1 heterocycles. The number of carbonyl (C=O) groups is 4. The van der Waals surface area contributed by atoms with Crippen LogP contribution in [0.1, 0.15) is 130 Å². The van der Waals surface area contributed by atoms with E-state index in [4.69, 9.17) is 14.2 Å². The SMILES string of the molecule is CCCCCCCCOC(=O)CC(COC(=O)CCCCCCCC)CC(=O)OCC1CCC(C)N1C=O. The fourth-order valence-corrected chi connectivity index (χ4v) is 4.82. The van der Waals surface area contributed by atoms with Gasteiger partial charge in [-0.3, -0.25) is 19.2 Å². The molecule has 0 aromatic rings. The van der Waals surface area contributed by atoms with Gasteiger partial charge in [-0.05, 0) is 32.6 Å². The first-order chi connectivity index (χ1) is 18.4. The number of esters is 3. The summed E-state index contributed by atoms with van der Waals surface area (Å²) in [5.41, 5.74) is 0. The molecular weight excluding hydrogens is 486 g/mol. The molecule has 1 rings (SSSR count). The van der Waals surface area contributed by atoms with Gasteiger partial charge in [0.2, 0.25) is 6.41 Å². The summed E-state index contributed by atoms with van der Waals surface area (Å²) in [7, 11) is 0. The highest BCUT2D eigenvalue weighted by atomic mass is 16.5. The predicted molar refractivity (Wildman–Crippen MR) is 147 cm³/mol. The Morgan fingerprint density at radius 3 is 1.97 bits per heavy atom. The van der Waals surface area contributed by atoms with E-state index in [0.29, 0.717) is 13.0 Å². The summed E-state index contributed by atoms with van der Waals surface area (Å²) in [5, 5.41) is 0. The molecule has 220 valence electrons. The standard InChI is InChI=1S/C30H53NO7/c1-4-6-8-10-12-14-16-28(33)37-22-26(20-29(34)36-19-15-13-11-9-7-5-2)21-30(35)38-23-27-18-17-25(3)31(27)24-32/h24-27H,4-23H2,1-3H3. The van der Waals surface area contributed by atoms with Gasteiger partial charge in [-0.25, -0.2) is 0 Å². The Morgan fingerprint density at radius 1 is 0.763 bits per heavy atom. The highest BCUT2D eigenvalue weighted by Crippen LogP contribution is 2.23. The van der Waals surface area contributed by atoms with Crippen LogP contribution < -0.4 is 0 Å². The van der Waals surface area contributed by atoms with Gasteiger partial charge in [0.1, 0.15) is 6.61 Å². The Labute approximate surface area is 230 Å². The Balaban J connectivity index is 2.47. The number of amides is 1. The van der Waals surface area contributed by atoms with Crippen LogP contribution in [0.5, 0.6) is 0 Å². The van der Waals surface area contributed by atoms with Crippen LogP contribution in [0.25, 0.3) is 0 Å². The van der Waals surface area contributed by atoms with Gasteiger partial charge in [0.25, 0.3) is 0 Å². The van der Waals surface area contributed by atoms with Crippen molar-refractivity contribution >= 4 is 24.3 Å². The maximum Gasteiger partial charge on any atom is 0.306 e. The van der Waals surface area contributed by atoms with E-state index in [9.17, 15) is 19.2 Å². The molecule has 0 bridgehead atoms. The van der Waals surface area contributed by atoms with E-state index < -0.39 is 11.9 Å². The molecule has 3 atom stereocenters. The van der Waals surface area contributed by atoms with Gasteiger partial charge in [-0.2, -0.15) is 0 Å². The monoisotopic (exact) mass is 539 g/mol. The molecule has 0 aromatic carbocycles. The van der Waals surface area contributed by atoms with Crippen molar-refractivity contribution in [2.75, 3.05) is 19.8 Å². The molecule has 8 heteroatoms. The molecular formula is C30H53NO7. The van der Waals surface area contributed by atoms with E-state index in [-0.39, 0.29) is 50.1 Å². The van der Waals surface area contributed by atoms with Gasteiger partial charge in [0.15, 0.2) is 0 Å². The summed E-state index contributed by atoms with van der Waals surface area (Å²) in [6.07, 6.45) is 15.8. The molecule has 1 fully saturated rings. The van der Waals surface area contributed by atoms with Crippen LogP contribution >= 0.6 is 0 Å². The van der Waals surface area contributed by atoms with E-state index in [1.807, 2.05) is 6.92 Å². The lowest BCUT2D eigenvalue weighted by atomic mass is 10.0. The van der Waals surface area contributed by atoms with Crippen LogP contribution in [0.3, 0.4) is 0 Å². The van der Waals surface area contributed by atoms with Gasteiger partial charge in [0, 0.05) is 18.4 Å². The van der Waals surface area contributed by atoms with Crippen molar-refractivity contribution in [3.8, 4) is 0 Å². The molecule has 3 unspecified atom stereocenters. The van der Waals surface area contributed by atoms with Gasteiger partial charge in [-0.1, -0.05) is 78.1 Å². The normalized spacial score (nSPS) is 17.7. The van der Waals surface area contributed by atoms with Gasteiger partial charge >= 0.3 is 17.9 Å². The molecule has 0 aromatic heterocycles. The summed E-state index contributed by atoms with van der Waals surface area (Å²) in [6.45, 7) is 6.80. The number of rotatable bonds is 23. The van der Waals surface area contributed by atoms with Crippen LogP contribution in [-0.2, 0) is 33.4 Å². The average Bonchev–Trinajstić information content (AvgIpc) is 3.26. The molecule has 1 aliphatic rings. The van der Waals surface area contributed by atoms with Crippen molar-refractivity contribution in [1.29, 1.82) is 0 Å². The predicted octanol–water partition coefficient (Wildman–Crippen LogP) is 6.13. The maximum atomic E-state index is 12.6. The minimum absolute atomic E-state index is 0.00381. The quantitative estimate of drug-likeness (QED) is 0.0666. The van der Waals surface area contributed by atoms with Crippen LogP contribution in [0.15, 0.2) is 0 Å². The van der Waals surface area contributed by atoms with Crippen molar-refractivity contribution in [3.05, 3.63) is 0 Å². The Morgan fingerprint density at radius 2 is 1.34 bits per heavy atom. The number of nitrogens with zero attached hydrogens (tertiary/aromatic N) is 1. The molecule has 1 saturated heterocycles. The second kappa shape index (κ2) is 21.8. The van der Waals surface area contributed by atoms with E-state index in [0.717, 1.165) is 57.8 Å². The molecule has 0 radical (unpaired) electrons. The zero-order chi connectivity index (χ0) is 28.0. The fraction of sp³-hybridized carbons (Fsp3) is 0.867. The number of likely N-dealkylation sites (tertiary alicyclic amines) is 1.